The molecule has 1 unspecified atom stereocenters. The molecule has 6 nitrogen and oxygen atoms in total. The summed E-state index contributed by atoms with van der Waals surface area (Å²) in [4.78, 5) is 28.2. The molecule has 0 aliphatic carbocycles. The normalized spacial score (nSPS) is 20.8. The second kappa shape index (κ2) is 6.86. The van der Waals surface area contributed by atoms with Crippen LogP contribution < -0.4 is 4.74 Å². The second-order valence-corrected chi connectivity index (χ2v) is 8.15. The molecule has 2 aliphatic rings. The van der Waals surface area contributed by atoms with Crippen molar-refractivity contribution in [1.29, 1.82) is 0 Å². The van der Waals surface area contributed by atoms with Crippen molar-refractivity contribution in [3.05, 3.63) is 28.2 Å². The highest BCUT2D eigenvalue weighted by molar-refractivity contribution is 9.10. The Morgan fingerprint density at radius 3 is 2.76 bits per heavy atom. The van der Waals surface area contributed by atoms with E-state index < -0.39 is 11.7 Å². The van der Waals surface area contributed by atoms with Gasteiger partial charge < -0.3 is 14.4 Å². The third-order valence-corrected chi connectivity index (χ3v) is 4.97. The molecular formula is C18H23BrN2O4. The van der Waals surface area contributed by atoms with E-state index in [2.05, 4.69) is 15.9 Å². The van der Waals surface area contributed by atoms with E-state index in [9.17, 15) is 9.59 Å². The minimum Gasteiger partial charge on any atom is -0.493 e. The lowest BCUT2D eigenvalue weighted by Gasteiger charge is -2.41. The van der Waals surface area contributed by atoms with Gasteiger partial charge in [0.2, 0.25) is 5.91 Å². The molecule has 1 atom stereocenters. The number of halogens is 1. The summed E-state index contributed by atoms with van der Waals surface area (Å²) in [5, 5.41) is 0. The number of nitrogens with zero attached hydrogens (tertiary/aromatic N) is 2. The summed E-state index contributed by atoms with van der Waals surface area (Å²) < 4.78 is 12.0. The second-order valence-electron chi connectivity index (χ2n) is 7.29. The molecule has 136 valence electrons. The molecule has 0 radical (unpaired) electrons. The predicted octanol–water partition coefficient (Wildman–Crippen LogP) is 3.35. The number of fused-ring (bicyclic) bond motifs is 1. The van der Waals surface area contributed by atoms with Crippen LogP contribution >= 0.6 is 15.9 Å². The molecule has 1 aromatic rings. The van der Waals surface area contributed by atoms with Gasteiger partial charge in [-0.25, -0.2) is 4.79 Å². The van der Waals surface area contributed by atoms with Gasteiger partial charge in [0.05, 0.1) is 12.6 Å². The first-order valence-corrected chi connectivity index (χ1v) is 9.24. The molecular weight excluding hydrogens is 388 g/mol. The van der Waals surface area contributed by atoms with Crippen LogP contribution in [0.15, 0.2) is 22.7 Å². The van der Waals surface area contributed by atoms with E-state index in [1.807, 2.05) is 43.9 Å². The van der Waals surface area contributed by atoms with E-state index in [1.54, 1.807) is 0 Å². The third kappa shape index (κ3) is 3.92. The molecule has 0 spiro atoms. The molecule has 2 heterocycles. The molecule has 0 bridgehead atoms. The molecule has 2 amide bonds. The maximum absolute atomic E-state index is 12.7. The summed E-state index contributed by atoms with van der Waals surface area (Å²) in [6, 6.07) is 5.77. The standard InChI is InChI=1S/C18H23BrN2O4/c1-18(2,3)25-17(23)20-8-9-21(15(22)11-20)13-7-10-24-14-6-4-5-12(19)16(13)14/h4-6,13H,7-11H2,1-3H3. The molecule has 1 fully saturated rings. The van der Waals surface area contributed by atoms with Crippen LogP contribution in [0, 0.1) is 0 Å². The summed E-state index contributed by atoms with van der Waals surface area (Å²) in [6.07, 6.45) is 0.308. The first-order chi connectivity index (χ1) is 11.8. The minimum absolute atomic E-state index is 0.0346. The molecule has 0 N–H and O–H groups in total. The molecule has 1 saturated heterocycles. The SMILES string of the molecule is CC(C)(C)OC(=O)N1CCN(C2CCOc3cccc(Br)c32)C(=O)C1. The lowest BCUT2D eigenvalue weighted by Crippen LogP contribution is -2.54. The summed E-state index contributed by atoms with van der Waals surface area (Å²) >= 11 is 3.57. The van der Waals surface area contributed by atoms with Crippen molar-refractivity contribution in [3.8, 4) is 5.75 Å². The number of rotatable bonds is 1. The number of hydrogen-bond donors (Lipinski definition) is 0. The van der Waals surface area contributed by atoms with Gasteiger partial charge in [-0.3, -0.25) is 9.69 Å². The Bertz CT molecular complexity index is 686. The van der Waals surface area contributed by atoms with Crippen molar-refractivity contribution in [1.82, 2.24) is 9.80 Å². The van der Waals surface area contributed by atoms with Crippen LogP contribution in [0.5, 0.6) is 5.75 Å². The topological polar surface area (TPSA) is 59.1 Å². The Labute approximate surface area is 156 Å². The Balaban J connectivity index is 1.73. The van der Waals surface area contributed by atoms with Gasteiger partial charge >= 0.3 is 6.09 Å². The van der Waals surface area contributed by atoms with Crippen molar-refractivity contribution < 1.29 is 19.1 Å². The Hall–Kier alpha value is -1.76. The number of carbonyl (C=O) groups excluding carboxylic acids is 2. The Kier molecular flexibility index (Phi) is 4.95. The number of piperazine rings is 1. The van der Waals surface area contributed by atoms with Crippen molar-refractivity contribution in [2.45, 2.75) is 38.8 Å². The van der Waals surface area contributed by atoms with E-state index in [0.717, 1.165) is 22.2 Å². The number of hydrogen-bond acceptors (Lipinski definition) is 4. The van der Waals surface area contributed by atoms with Crippen molar-refractivity contribution in [2.75, 3.05) is 26.2 Å². The van der Waals surface area contributed by atoms with Crippen LogP contribution in [0.4, 0.5) is 4.79 Å². The van der Waals surface area contributed by atoms with Crippen molar-refractivity contribution in [2.24, 2.45) is 0 Å². The highest BCUT2D eigenvalue weighted by Crippen LogP contribution is 2.41. The third-order valence-electron chi connectivity index (χ3n) is 4.28. The van der Waals surface area contributed by atoms with Crippen LogP contribution in [0.25, 0.3) is 0 Å². The molecule has 1 aromatic carbocycles. The van der Waals surface area contributed by atoms with Crippen LogP contribution in [-0.2, 0) is 9.53 Å². The van der Waals surface area contributed by atoms with Gasteiger partial charge in [-0.15, -0.1) is 0 Å². The largest absolute Gasteiger partial charge is 0.493 e. The van der Waals surface area contributed by atoms with Crippen molar-refractivity contribution in [3.63, 3.8) is 0 Å². The molecule has 25 heavy (non-hydrogen) atoms. The van der Waals surface area contributed by atoms with Gasteiger partial charge in [0.1, 0.15) is 17.9 Å². The summed E-state index contributed by atoms with van der Waals surface area (Å²) in [6.45, 7) is 7.04. The molecule has 0 aromatic heterocycles. The molecule has 2 aliphatic heterocycles. The highest BCUT2D eigenvalue weighted by atomic mass is 79.9. The van der Waals surface area contributed by atoms with Gasteiger partial charge in [-0.1, -0.05) is 22.0 Å². The maximum atomic E-state index is 12.7. The van der Waals surface area contributed by atoms with E-state index in [1.165, 1.54) is 4.90 Å². The number of carbonyl (C=O) groups is 2. The molecule has 7 heteroatoms. The lowest BCUT2D eigenvalue weighted by molar-refractivity contribution is -0.139. The zero-order valence-electron chi connectivity index (χ0n) is 14.8. The average molecular weight is 411 g/mol. The zero-order chi connectivity index (χ0) is 18.2. The monoisotopic (exact) mass is 410 g/mol. The smallest absolute Gasteiger partial charge is 0.410 e. The van der Waals surface area contributed by atoms with Gasteiger partial charge in [0, 0.05) is 29.5 Å². The molecule has 0 saturated carbocycles. The number of amides is 2. The van der Waals surface area contributed by atoms with Gasteiger partial charge in [-0.05, 0) is 32.9 Å². The summed E-state index contributed by atoms with van der Waals surface area (Å²) in [5.41, 5.74) is 0.440. The van der Waals surface area contributed by atoms with E-state index in [0.29, 0.717) is 19.7 Å². The lowest BCUT2D eigenvalue weighted by atomic mass is 9.98. The van der Waals surface area contributed by atoms with Crippen molar-refractivity contribution >= 4 is 27.9 Å². The van der Waals surface area contributed by atoms with Gasteiger partial charge in [0.15, 0.2) is 0 Å². The van der Waals surface area contributed by atoms with Gasteiger partial charge in [0.25, 0.3) is 0 Å². The first kappa shape index (κ1) is 18.0. The zero-order valence-corrected chi connectivity index (χ0v) is 16.3. The first-order valence-electron chi connectivity index (χ1n) is 8.45. The Morgan fingerprint density at radius 2 is 2.08 bits per heavy atom. The quantitative estimate of drug-likeness (QED) is 0.711. The fourth-order valence-corrected chi connectivity index (χ4v) is 3.81. The fraction of sp³-hybridized carbons (Fsp3) is 0.556. The minimum atomic E-state index is -0.568. The highest BCUT2D eigenvalue weighted by Gasteiger charge is 2.37. The number of ether oxygens (including phenoxy) is 2. The fourth-order valence-electron chi connectivity index (χ4n) is 3.20. The number of benzene rings is 1. The van der Waals surface area contributed by atoms with Crippen LogP contribution in [-0.4, -0.2) is 53.6 Å². The van der Waals surface area contributed by atoms with E-state index in [4.69, 9.17) is 9.47 Å². The van der Waals surface area contributed by atoms with Crippen LogP contribution in [0.2, 0.25) is 0 Å². The summed E-state index contributed by atoms with van der Waals surface area (Å²) in [7, 11) is 0. The Morgan fingerprint density at radius 1 is 1.32 bits per heavy atom. The molecule has 3 rings (SSSR count). The summed E-state index contributed by atoms with van der Waals surface area (Å²) in [5.74, 6) is 0.749. The van der Waals surface area contributed by atoms with E-state index in [-0.39, 0.29) is 18.5 Å². The van der Waals surface area contributed by atoms with Crippen LogP contribution in [0.1, 0.15) is 38.8 Å². The van der Waals surface area contributed by atoms with E-state index >= 15 is 0 Å². The predicted molar refractivity (Wildman–Crippen MR) is 96.5 cm³/mol. The maximum Gasteiger partial charge on any atom is 0.410 e. The van der Waals surface area contributed by atoms with Gasteiger partial charge in [-0.2, -0.15) is 0 Å². The van der Waals surface area contributed by atoms with Crippen LogP contribution in [0.3, 0.4) is 0 Å². The average Bonchev–Trinajstić information content (AvgIpc) is 2.53.